The van der Waals surface area contributed by atoms with Crippen LogP contribution in [0, 0.1) is 0 Å². The predicted molar refractivity (Wildman–Crippen MR) is 91.4 cm³/mol. The average Bonchev–Trinajstić information content (AvgIpc) is 3.02. The van der Waals surface area contributed by atoms with Crippen LogP contribution in [0.2, 0.25) is 0 Å². The molecule has 0 atom stereocenters. The maximum absolute atomic E-state index is 12.4. The van der Waals surface area contributed by atoms with Crippen molar-refractivity contribution in [1.82, 2.24) is 4.90 Å². The summed E-state index contributed by atoms with van der Waals surface area (Å²) >= 11 is 1.26. The van der Waals surface area contributed by atoms with Crippen LogP contribution in [-0.2, 0) is 0 Å². The second-order valence-corrected chi connectivity index (χ2v) is 5.96. The highest BCUT2D eigenvalue weighted by molar-refractivity contribution is 7.15. The van der Waals surface area contributed by atoms with E-state index in [2.05, 4.69) is 0 Å². The van der Waals surface area contributed by atoms with Gasteiger partial charge in [-0.1, -0.05) is 42.5 Å². The smallest absolute Gasteiger partial charge is 0.264 e. The zero-order chi connectivity index (χ0) is 15.9. The van der Waals surface area contributed by atoms with E-state index in [1.807, 2.05) is 49.4 Å². The summed E-state index contributed by atoms with van der Waals surface area (Å²) in [6.45, 7) is 4.65. The first kappa shape index (κ1) is 16.2. The quantitative estimate of drug-likeness (QED) is 0.752. The summed E-state index contributed by atoms with van der Waals surface area (Å²) in [6.07, 6.45) is 3.99. The van der Waals surface area contributed by atoms with Crippen molar-refractivity contribution in [1.29, 1.82) is 0 Å². The third kappa shape index (κ3) is 4.15. The fourth-order valence-electron chi connectivity index (χ4n) is 2.03. The van der Waals surface area contributed by atoms with Crippen molar-refractivity contribution in [2.24, 2.45) is 0 Å². The molecule has 2 aromatic rings. The highest BCUT2D eigenvalue weighted by atomic mass is 32.1. The lowest BCUT2D eigenvalue weighted by atomic mass is 10.2. The first-order valence-electron chi connectivity index (χ1n) is 7.23. The van der Waals surface area contributed by atoms with Crippen molar-refractivity contribution in [3.8, 4) is 0 Å². The molecule has 0 N–H and O–H groups in total. The van der Waals surface area contributed by atoms with Crippen LogP contribution in [0.15, 0.2) is 48.5 Å². The van der Waals surface area contributed by atoms with Crippen LogP contribution in [0.3, 0.4) is 0 Å². The average molecular weight is 313 g/mol. The van der Waals surface area contributed by atoms with Crippen LogP contribution in [-0.4, -0.2) is 29.7 Å². The number of hydrogen-bond donors (Lipinski definition) is 0. The Bertz CT molecular complexity index is 673. The van der Waals surface area contributed by atoms with Gasteiger partial charge in [-0.2, -0.15) is 0 Å². The summed E-state index contributed by atoms with van der Waals surface area (Å²) < 4.78 is 0. The second-order valence-electron chi connectivity index (χ2n) is 4.88. The van der Waals surface area contributed by atoms with Gasteiger partial charge in [0, 0.05) is 13.1 Å². The van der Waals surface area contributed by atoms with E-state index in [0.29, 0.717) is 22.8 Å². The van der Waals surface area contributed by atoms with Crippen molar-refractivity contribution in [2.45, 2.75) is 13.8 Å². The largest absolute Gasteiger partial charge is 0.334 e. The Morgan fingerprint density at radius 1 is 1.09 bits per heavy atom. The van der Waals surface area contributed by atoms with E-state index in [1.165, 1.54) is 18.3 Å². The normalized spacial score (nSPS) is 10.8. The Labute approximate surface area is 134 Å². The summed E-state index contributed by atoms with van der Waals surface area (Å²) in [5.74, 6) is -0.0335. The number of amides is 1. The van der Waals surface area contributed by atoms with E-state index in [9.17, 15) is 9.59 Å². The lowest BCUT2D eigenvalue weighted by Crippen LogP contribution is -2.30. The molecule has 0 aliphatic carbocycles. The van der Waals surface area contributed by atoms with Crippen LogP contribution >= 0.6 is 11.3 Å². The first-order valence-corrected chi connectivity index (χ1v) is 8.05. The Morgan fingerprint density at radius 2 is 1.77 bits per heavy atom. The topological polar surface area (TPSA) is 37.4 Å². The summed E-state index contributed by atoms with van der Waals surface area (Å²) in [6, 6.07) is 13.4. The molecule has 0 radical (unpaired) electrons. The molecule has 1 heterocycles. The summed E-state index contributed by atoms with van der Waals surface area (Å²) in [4.78, 5) is 26.8. The number of Topliss-reactive ketones (excluding diaryl/α,β-unsaturated/α-hetero) is 1. The van der Waals surface area contributed by atoms with E-state index < -0.39 is 0 Å². The molecule has 0 spiro atoms. The standard InChI is InChI=1S/C18H19NO2S/c1-3-19(13-7-10-15-8-5-4-6-9-15)18(21)17-12-11-16(22-17)14(2)20/h4-12H,3,13H2,1-2H3/b10-7+. The van der Waals surface area contributed by atoms with Crippen LogP contribution in [0.25, 0.3) is 6.08 Å². The van der Waals surface area contributed by atoms with Gasteiger partial charge in [0.15, 0.2) is 5.78 Å². The number of carbonyl (C=O) groups excluding carboxylic acids is 2. The third-order valence-electron chi connectivity index (χ3n) is 3.27. The molecule has 1 amide bonds. The molecule has 22 heavy (non-hydrogen) atoms. The van der Waals surface area contributed by atoms with Gasteiger partial charge in [0.1, 0.15) is 0 Å². The van der Waals surface area contributed by atoms with Crippen LogP contribution in [0.4, 0.5) is 0 Å². The van der Waals surface area contributed by atoms with Crippen LogP contribution in [0.5, 0.6) is 0 Å². The van der Waals surface area contributed by atoms with Gasteiger partial charge < -0.3 is 4.90 Å². The van der Waals surface area contributed by atoms with Gasteiger partial charge in [0.25, 0.3) is 5.91 Å². The van der Waals surface area contributed by atoms with Gasteiger partial charge >= 0.3 is 0 Å². The summed E-state index contributed by atoms with van der Waals surface area (Å²) in [7, 11) is 0. The Morgan fingerprint density at radius 3 is 2.36 bits per heavy atom. The van der Waals surface area contributed by atoms with Crippen molar-refractivity contribution in [3.05, 3.63) is 63.9 Å². The molecule has 0 aliphatic heterocycles. The lowest BCUT2D eigenvalue weighted by Gasteiger charge is -2.18. The van der Waals surface area contributed by atoms with Gasteiger partial charge in [-0.3, -0.25) is 9.59 Å². The molecule has 0 unspecified atom stereocenters. The van der Waals surface area contributed by atoms with Crippen molar-refractivity contribution >= 4 is 29.1 Å². The molecule has 1 aromatic carbocycles. The second kappa shape index (κ2) is 7.71. The van der Waals surface area contributed by atoms with E-state index in [0.717, 1.165) is 5.56 Å². The molecule has 0 aliphatic rings. The van der Waals surface area contributed by atoms with Crippen molar-refractivity contribution in [3.63, 3.8) is 0 Å². The number of nitrogens with zero attached hydrogens (tertiary/aromatic N) is 1. The first-order chi connectivity index (χ1) is 10.6. The minimum Gasteiger partial charge on any atom is -0.334 e. The van der Waals surface area contributed by atoms with Gasteiger partial charge in [0.2, 0.25) is 0 Å². The Hall–Kier alpha value is -2.20. The van der Waals surface area contributed by atoms with Gasteiger partial charge in [-0.25, -0.2) is 0 Å². The van der Waals surface area contributed by atoms with Gasteiger partial charge in [-0.15, -0.1) is 11.3 Å². The Kier molecular flexibility index (Phi) is 5.67. The number of thiophene rings is 1. The van der Waals surface area contributed by atoms with E-state index in [-0.39, 0.29) is 11.7 Å². The molecule has 0 fully saturated rings. The monoisotopic (exact) mass is 313 g/mol. The number of hydrogen-bond acceptors (Lipinski definition) is 3. The van der Waals surface area contributed by atoms with E-state index in [4.69, 9.17) is 0 Å². The molecular weight excluding hydrogens is 294 g/mol. The molecule has 4 heteroatoms. The fourth-order valence-corrected chi connectivity index (χ4v) is 2.90. The van der Waals surface area contributed by atoms with Gasteiger partial charge in [-0.05, 0) is 31.5 Å². The molecule has 1 aromatic heterocycles. The van der Waals surface area contributed by atoms with Crippen molar-refractivity contribution < 1.29 is 9.59 Å². The molecule has 0 saturated carbocycles. The predicted octanol–water partition coefficient (Wildman–Crippen LogP) is 4.13. The maximum atomic E-state index is 12.4. The Balaban J connectivity index is 2.02. The van der Waals surface area contributed by atoms with Crippen LogP contribution in [0.1, 0.15) is 38.8 Å². The van der Waals surface area contributed by atoms with Crippen molar-refractivity contribution in [2.75, 3.05) is 13.1 Å². The van der Waals surface area contributed by atoms with Gasteiger partial charge in [0.05, 0.1) is 9.75 Å². The molecule has 114 valence electrons. The minimum absolute atomic E-state index is 0.00364. The third-order valence-corrected chi connectivity index (χ3v) is 4.44. The summed E-state index contributed by atoms with van der Waals surface area (Å²) in [5.41, 5.74) is 1.11. The lowest BCUT2D eigenvalue weighted by molar-refractivity contribution is 0.0787. The zero-order valence-corrected chi connectivity index (χ0v) is 13.6. The van der Waals surface area contributed by atoms with Crippen LogP contribution < -0.4 is 0 Å². The zero-order valence-electron chi connectivity index (χ0n) is 12.8. The summed E-state index contributed by atoms with van der Waals surface area (Å²) in [5, 5.41) is 0. The van der Waals surface area contributed by atoms with E-state index >= 15 is 0 Å². The van der Waals surface area contributed by atoms with E-state index in [1.54, 1.807) is 17.0 Å². The fraction of sp³-hybridized carbons (Fsp3) is 0.222. The molecule has 3 nitrogen and oxygen atoms in total. The minimum atomic E-state index is -0.0299. The number of ketones is 1. The number of rotatable bonds is 6. The number of carbonyl (C=O) groups is 2. The molecule has 0 bridgehead atoms. The highest BCUT2D eigenvalue weighted by Gasteiger charge is 2.16. The highest BCUT2D eigenvalue weighted by Crippen LogP contribution is 2.19. The number of benzene rings is 1. The SMILES string of the molecule is CCN(C/C=C/c1ccccc1)C(=O)c1ccc(C(C)=O)s1. The molecule has 2 rings (SSSR count). The molecule has 0 saturated heterocycles. The maximum Gasteiger partial charge on any atom is 0.264 e. The number of likely N-dealkylation sites (N-methyl/N-ethyl adjacent to an activating group) is 1. The molecular formula is C18H19NO2S.